The molecule has 26 heavy (non-hydrogen) atoms. The van der Waals surface area contributed by atoms with Gasteiger partial charge >= 0.3 is 5.97 Å². The quantitative estimate of drug-likeness (QED) is 0.294. The second kappa shape index (κ2) is 12.5. The van der Waals surface area contributed by atoms with Crippen molar-refractivity contribution >= 4 is 5.97 Å². The van der Waals surface area contributed by atoms with Crippen LogP contribution >= 0.6 is 0 Å². The Balaban J connectivity index is 2.44. The number of carboxylic acids is 1. The van der Waals surface area contributed by atoms with Gasteiger partial charge in [-0.25, -0.2) is 0 Å². The highest BCUT2D eigenvalue weighted by Gasteiger charge is 2.39. The van der Waals surface area contributed by atoms with Gasteiger partial charge in [-0.15, -0.1) is 0 Å². The predicted octanol–water partition coefficient (Wildman–Crippen LogP) is 3.51. The van der Waals surface area contributed by atoms with Crippen molar-refractivity contribution in [2.75, 3.05) is 0 Å². The van der Waals surface area contributed by atoms with Gasteiger partial charge in [-0.1, -0.05) is 58.1 Å². The van der Waals surface area contributed by atoms with E-state index in [1.54, 1.807) is 0 Å². The van der Waals surface area contributed by atoms with E-state index in [1.807, 2.05) is 12.2 Å². The van der Waals surface area contributed by atoms with Crippen LogP contribution in [0.2, 0.25) is 0 Å². The monoisotopic (exact) mass is 370 g/mol. The largest absolute Gasteiger partial charge is 0.481 e. The van der Waals surface area contributed by atoms with Gasteiger partial charge in [0.05, 0.1) is 18.3 Å². The van der Waals surface area contributed by atoms with E-state index in [0.29, 0.717) is 12.8 Å². The number of aliphatic hydroxyl groups is 3. The van der Waals surface area contributed by atoms with Gasteiger partial charge in [0.25, 0.3) is 0 Å². The number of carboxylic acid groups (broad SMARTS) is 1. The molecule has 1 rings (SSSR count). The third kappa shape index (κ3) is 8.19. The number of carbonyl (C=O) groups is 1. The maximum atomic E-state index is 10.5. The van der Waals surface area contributed by atoms with Gasteiger partial charge in [-0.2, -0.15) is 0 Å². The second-order valence-corrected chi connectivity index (χ2v) is 7.96. The van der Waals surface area contributed by atoms with E-state index < -0.39 is 24.3 Å². The lowest BCUT2D eigenvalue weighted by atomic mass is 9.88. The summed E-state index contributed by atoms with van der Waals surface area (Å²) < 4.78 is 0. The molecule has 0 radical (unpaired) electrons. The lowest BCUT2D eigenvalue weighted by Crippen LogP contribution is -2.26. The number of aliphatic hydroxyl groups excluding tert-OH is 3. The summed E-state index contributed by atoms with van der Waals surface area (Å²) in [5.74, 6) is -0.433. The van der Waals surface area contributed by atoms with Crippen LogP contribution < -0.4 is 0 Å². The molecule has 0 aromatic carbocycles. The zero-order valence-corrected chi connectivity index (χ0v) is 16.4. The third-order valence-corrected chi connectivity index (χ3v) is 5.73. The summed E-state index contributed by atoms with van der Waals surface area (Å²) >= 11 is 0. The lowest BCUT2D eigenvalue weighted by Gasteiger charge is -2.21. The van der Waals surface area contributed by atoms with Gasteiger partial charge in [-0.3, -0.25) is 4.79 Å². The molecule has 0 aromatic heterocycles. The van der Waals surface area contributed by atoms with Crippen LogP contribution in [0, 0.1) is 17.8 Å². The molecule has 0 aliphatic heterocycles. The smallest absolute Gasteiger partial charge is 0.303 e. The van der Waals surface area contributed by atoms with Crippen LogP contribution in [-0.4, -0.2) is 44.7 Å². The van der Waals surface area contributed by atoms with Gasteiger partial charge in [0.1, 0.15) is 0 Å². The van der Waals surface area contributed by atoms with Gasteiger partial charge in [-0.05, 0) is 43.4 Å². The van der Waals surface area contributed by atoms with Crippen LogP contribution in [0.25, 0.3) is 0 Å². The van der Waals surface area contributed by atoms with Crippen LogP contribution in [0.5, 0.6) is 0 Å². The molecule has 1 aliphatic rings. The van der Waals surface area contributed by atoms with Crippen molar-refractivity contribution < 1.29 is 25.2 Å². The van der Waals surface area contributed by atoms with Gasteiger partial charge in [0, 0.05) is 6.42 Å². The van der Waals surface area contributed by atoms with Crippen LogP contribution in [0.4, 0.5) is 0 Å². The Morgan fingerprint density at radius 2 is 1.85 bits per heavy atom. The molecule has 0 heterocycles. The van der Waals surface area contributed by atoms with Crippen molar-refractivity contribution in [1.82, 2.24) is 0 Å². The Kier molecular flexibility index (Phi) is 11.1. The topological polar surface area (TPSA) is 98.0 Å². The number of aliphatic carboxylic acids is 1. The summed E-state index contributed by atoms with van der Waals surface area (Å²) in [6, 6.07) is 0. The van der Waals surface area contributed by atoms with Crippen molar-refractivity contribution in [3.05, 3.63) is 12.2 Å². The fraction of sp³-hybridized carbons (Fsp3) is 0.857. The number of allylic oxidation sites excluding steroid dienone is 1. The Morgan fingerprint density at radius 1 is 1.15 bits per heavy atom. The zero-order valence-electron chi connectivity index (χ0n) is 16.4. The SMILES string of the molecule is CCCCC(C)C(O)C=CC1CC(O)C(O)C1CCCCCCC(=O)O. The van der Waals surface area contributed by atoms with Crippen LogP contribution in [0.3, 0.4) is 0 Å². The minimum atomic E-state index is -0.753. The molecule has 0 spiro atoms. The fourth-order valence-electron chi connectivity index (χ4n) is 3.89. The van der Waals surface area contributed by atoms with E-state index in [1.165, 1.54) is 0 Å². The molecule has 0 aromatic rings. The highest BCUT2D eigenvalue weighted by atomic mass is 16.4. The first-order valence-electron chi connectivity index (χ1n) is 10.3. The number of rotatable bonds is 13. The standard InChI is InChI=1S/C21H38O5/c1-3-4-9-15(2)18(22)13-12-16-14-19(23)21(26)17(16)10-7-5-6-8-11-20(24)25/h12-13,15-19,21-23,26H,3-11,14H2,1-2H3,(H,24,25). The molecule has 4 N–H and O–H groups in total. The Bertz CT molecular complexity index is 423. The second-order valence-electron chi connectivity index (χ2n) is 7.96. The van der Waals surface area contributed by atoms with Crippen molar-refractivity contribution in [1.29, 1.82) is 0 Å². The van der Waals surface area contributed by atoms with Crippen molar-refractivity contribution in [3.8, 4) is 0 Å². The molecular weight excluding hydrogens is 332 g/mol. The summed E-state index contributed by atoms with van der Waals surface area (Å²) in [7, 11) is 0. The van der Waals surface area contributed by atoms with E-state index >= 15 is 0 Å². The molecular formula is C21H38O5. The number of unbranched alkanes of at least 4 members (excludes halogenated alkanes) is 4. The van der Waals surface area contributed by atoms with E-state index in [0.717, 1.165) is 44.9 Å². The summed E-state index contributed by atoms with van der Waals surface area (Å²) in [4.78, 5) is 10.5. The fourth-order valence-corrected chi connectivity index (χ4v) is 3.89. The summed E-state index contributed by atoms with van der Waals surface area (Å²) in [5, 5.41) is 39.2. The summed E-state index contributed by atoms with van der Waals surface area (Å²) in [6.45, 7) is 4.19. The Hall–Kier alpha value is -0.910. The van der Waals surface area contributed by atoms with Gasteiger partial charge < -0.3 is 20.4 Å². The molecule has 152 valence electrons. The first-order chi connectivity index (χ1) is 12.4. The average molecular weight is 371 g/mol. The molecule has 0 saturated heterocycles. The van der Waals surface area contributed by atoms with Crippen LogP contribution in [0.1, 0.15) is 78.1 Å². The molecule has 0 bridgehead atoms. The van der Waals surface area contributed by atoms with E-state index in [4.69, 9.17) is 5.11 Å². The van der Waals surface area contributed by atoms with E-state index in [2.05, 4.69) is 13.8 Å². The minimum absolute atomic E-state index is 0.0128. The van der Waals surface area contributed by atoms with Crippen LogP contribution in [-0.2, 0) is 4.79 Å². The van der Waals surface area contributed by atoms with Gasteiger partial charge in [0.15, 0.2) is 0 Å². The molecule has 1 saturated carbocycles. The molecule has 5 heteroatoms. The lowest BCUT2D eigenvalue weighted by molar-refractivity contribution is -0.137. The number of hydrogen-bond donors (Lipinski definition) is 4. The summed E-state index contributed by atoms with van der Waals surface area (Å²) in [6.07, 6.45) is 10.2. The summed E-state index contributed by atoms with van der Waals surface area (Å²) in [5.41, 5.74) is 0. The highest BCUT2D eigenvalue weighted by molar-refractivity contribution is 5.66. The van der Waals surface area contributed by atoms with Gasteiger partial charge in [0.2, 0.25) is 0 Å². The maximum absolute atomic E-state index is 10.5. The molecule has 6 atom stereocenters. The number of hydrogen-bond acceptors (Lipinski definition) is 4. The average Bonchev–Trinajstić information content (AvgIpc) is 2.87. The Morgan fingerprint density at radius 3 is 2.50 bits per heavy atom. The molecule has 0 amide bonds. The van der Waals surface area contributed by atoms with Crippen molar-refractivity contribution in [2.24, 2.45) is 17.8 Å². The van der Waals surface area contributed by atoms with Crippen molar-refractivity contribution in [3.63, 3.8) is 0 Å². The van der Waals surface area contributed by atoms with E-state index in [-0.39, 0.29) is 24.2 Å². The first-order valence-corrected chi connectivity index (χ1v) is 10.3. The molecule has 1 aliphatic carbocycles. The molecule has 5 nitrogen and oxygen atoms in total. The first kappa shape index (κ1) is 23.1. The Labute approximate surface area is 158 Å². The van der Waals surface area contributed by atoms with Crippen molar-refractivity contribution in [2.45, 2.75) is 96.4 Å². The highest BCUT2D eigenvalue weighted by Crippen LogP contribution is 2.37. The third-order valence-electron chi connectivity index (χ3n) is 5.73. The molecule has 6 unspecified atom stereocenters. The predicted molar refractivity (Wildman–Crippen MR) is 103 cm³/mol. The normalized spacial score (nSPS) is 28.5. The zero-order chi connectivity index (χ0) is 19.5. The van der Waals surface area contributed by atoms with E-state index in [9.17, 15) is 20.1 Å². The maximum Gasteiger partial charge on any atom is 0.303 e. The molecule has 1 fully saturated rings. The van der Waals surface area contributed by atoms with Crippen LogP contribution in [0.15, 0.2) is 12.2 Å². The minimum Gasteiger partial charge on any atom is -0.481 e.